The zero-order valence-electron chi connectivity index (χ0n) is 10.9. The Morgan fingerprint density at radius 2 is 1.94 bits per heavy atom. The van der Waals surface area contributed by atoms with Crippen LogP contribution < -0.4 is 9.47 Å². The van der Waals surface area contributed by atoms with Gasteiger partial charge in [0.15, 0.2) is 0 Å². The van der Waals surface area contributed by atoms with Gasteiger partial charge in [0.25, 0.3) is 0 Å². The molecule has 1 rings (SSSR count). The molecule has 0 amide bonds. The van der Waals surface area contributed by atoms with Crippen LogP contribution in [0.1, 0.15) is 10.4 Å². The maximum absolute atomic E-state index is 12.1. The summed E-state index contributed by atoms with van der Waals surface area (Å²) in [5.74, 6) is 0.769. The topological polar surface area (TPSA) is 38.8 Å². The molecular formula is C13H16ClNO3. The lowest BCUT2D eigenvalue weighted by atomic mass is 10.1. The third kappa shape index (κ3) is 3.40. The number of carbonyl (C=O) groups excluding carboxylic acids is 1. The number of carbonyl (C=O) groups is 1. The molecule has 0 radical (unpaired) electrons. The molecule has 1 aromatic rings. The van der Waals surface area contributed by atoms with Crippen LogP contribution in [-0.2, 0) is 0 Å². The van der Waals surface area contributed by atoms with Crippen molar-refractivity contribution in [1.82, 2.24) is 4.90 Å². The fraction of sp³-hybridized carbons (Fsp3) is 0.308. The van der Waals surface area contributed by atoms with E-state index in [0.717, 1.165) is 0 Å². The van der Waals surface area contributed by atoms with E-state index in [2.05, 4.69) is 0 Å². The second kappa shape index (κ2) is 6.31. The molecule has 0 bridgehead atoms. The minimum Gasteiger partial charge on any atom is -0.497 e. The summed E-state index contributed by atoms with van der Waals surface area (Å²) >= 11 is 5.95. The molecule has 0 saturated carbocycles. The Balaban J connectivity index is 3.13. The first kappa shape index (κ1) is 14.4. The lowest BCUT2D eigenvalue weighted by Gasteiger charge is -2.10. The summed E-state index contributed by atoms with van der Waals surface area (Å²) in [7, 11) is 6.63. The summed E-state index contributed by atoms with van der Waals surface area (Å²) in [6.45, 7) is 0. The number of hydrogen-bond donors (Lipinski definition) is 0. The van der Waals surface area contributed by atoms with Gasteiger partial charge in [0.05, 0.1) is 19.8 Å². The Hall–Kier alpha value is -1.68. The van der Waals surface area contributed by atoms with E-state index >= 15 is 0 Å². The van der Waals surface area contributed by atoms with Crippen molar-refractivity contribution in [2.45, 2.75) is 0 Å². The number of allylic oxidation sites excluding steroid dienone is 1. The molecular weight excluding hydrogens is 254 g/mol. The van der Waals surface area contributed by atoms with Gasteiger partial charge < -0.3 is 14.4 Å². The number of ether oxygens (including phenoxy) is 2. The zero-order chi connectivity index (χ0) is 13.7. The van der Waals surface area contributed by atoms with Crippen molar-refractivity contribution in [2.75, 3.05) is 28.3 Å². The van der Waals surface area contributed by atoms with Crippen molar-refractivity contribution >= 4 is 17.4 Å². The van der Waals surface area contributed by atoms with E-state index in [1.165, 1.54) is 7.11 Å². The number of rotatable bonds is 5. The third-order valence-electron chi connectivity index (χ3n) is 2.24. The van der Waals surface area contributed by atoms with E-state index in [1.807, 2.05) is 0 Å². The van der Waals surface area contributed by atoms with Crippen LogP contribution in [0.25, 0.3) is 0 Å². The van der Waals surface area contributed by atoms with Gasteiger partial charge in [-0.25, -0.2) is 0 Å². The number of methoxy groups -OCH3 is 2. The van der Waals surface area contributed by atoms with Gasteiger partial charge in [-0.2, -0.15) is 0 Å². The SMILES string of the molecule is COc1ccc(C(=O)/C(Cl)=C/N(C)C)c(OC)c1. The van der Waals surface area contributed by atoms with Crippen molar-refractivity contribution in [2.24, 2.45) is 0 Å². The Morgan fingerprint density at radius 1 is 1.28 bits per heavy atom. The smallest absolute Gasteiger partial charge is 0.209 e. The maximum atomic E-state index is 12.1. The Labute approximate surface area is 112 Å². The second-order valence-corrected chi connectivity index (χ2v) is 4.24. The van der Waals surface area contributed by atoms with Crippen LogP contribution in [0, 0.1) is 0 Å². The van der Waals surface area contributed by atoms with Gasteiger partial charge >= 0.3 is 0 Å². The molecule has 5 heteroatoms. The molecule has 0 aromatic heterocycles. The number of Topliss-reactive ketones (excluding diaryl/α,β-unsaturated/α-hetero) is 1. The van der Waals surface area contributed by atoms with E-state index in [1.54, 1.807) is 50.5 Å². The number of ketones is 1. The van der Waals surface area contributed by atoms with Crippen molar-refractivity contribution in [3.8, 4) is 11.5 Å². The Morgan fingerprint density at radius 3 is 2.44 bits per heavy atom. The number of nitrogens with zero attached hydrogens (tertiary/aromatic N) is 1. The normalized spacial score (nSPS) is 11.1. The molecule has 0 atom stereocenters. The van der Waals surface area contributed by atoms with Crippen molar-refractivity contribution < 1.29 is 14.3 Å². The van der Waals surface area contributed by atoms with Crippen LogP contribution in [0.15, 0.2) is 29.4 Å². The lowest BCUT2D eigenvalue weighted by Crippen LogP contribution is -2.08. The Bertz CT molecular complexity index is 469. The van der Waals surface area contributed by atoms with Gasteiger partial charge in [0.1, 0.15) is 16.5 Å². The number of hydrogen-bond acceptors (Lipinski definition) is 4. The van der Waals surface area contributed by atoms with Crippen LogP contribution in [-0.4, -0.2) is 39.0 Å². The predicted molar refractivity (Wildman–Crippen MR) is 71.5 cm³/mol. The van der Waals surface area contributed by atoms with Crippen molar-refractivity contribution in [3.05, 3.63) is 35.0 Å². The van der Waals surface area contributed by atoms with Crippen molar-refractivity contribution in [3.63, 3.8) is 0 Å². The second-order valence-electron chi connectivity index (χ2n) is 3.84. The monoisotopic (exact) mass is 269 g/mol. The van der Waals surface area contributed by atoms with Gasteiger partial charge in [-0.3, -0.25) is 4.79 Å². The van der Waals surface area contributed by atoms with Gasteiger partial charge in [-0.15, -0.1) is 0 Å². The maximum Gasteiger partial charge on any atom is 0.209 e. The average molecular weight is 270 g/mol. The number of halogens is 1. The lowest BCUT2D eigenvalue weighted by molar-refractivity contribution is 0.103. The van der Waals surface area contributed by atoms with E-state index in [-0.39, 0.29) is 10.8 Å². The van der Waals surface area contributed by atoms with Crippen LogP contribution in [0.4, 0.5) is 0 Å². The summed E-state index contributed by atoms with van der Waals surface area (Å²) in [5.41, 5.74) is 0.404. The van der Waals surface area contributed by atoms with Gasteiger partial charge in [0.2, 0.25) is 5.78 Å². The molecule has 0 fully saturated rings. The average Bonchev–Trinajstić information content (AvgIpc) is 2.36. The van der Waals surface area contributed by atoms with Gasteiger partial charge in [-0.1, -0.05) is 11.6 Å². The molecule has 1 aromatic carbocycles. The molecule has 0 aliphatic carbocycles. The molecule has 0 unspecified atom stereocenters. The molecule has 0 aliphatic rings. The van der Waals surface area contributed by atoms with Crippen LogP contribution in [0.2, 0.25) is 0 Å². The zero-order valence-corrected chi connectivity index (χ0v) is 11.6. The molecule has 0 aliphatic heterocycles. The van der Waals surface area contributed by atoms with E-state index in [4.69, 9.17) is 21.1 Å². The molecule has 0 spiro atoms. The van der Waals surface area contributed by atoms with Gasteiger partial charge in [0, 0.05) is 26.4 Å². The highest BCUT2D eigenvalue weighted by Crippen LogP contribution is 2.27. The largest absolute Gasteiger partial charge is 0.497 e. The van der Waals surface area contributed by atoms with Gasteiger partial charge in [-0.05, 0) is 12.1 Å². The highest BCUT2D eigenvalue weighted by atomic mass is 35.5. The minimum absolute atomic E-state index is 0.128. The first-order valence-corrected chi connectivity index (χ1v) is 5.68. The first-order valence-electron chi connectivity index (χ1n) is 5.30. The highest BCUT2D eigenvalue weighted by molar-refractivity contribution is 6.45. The summed E-state index contributed by atoms with van der Waals surface area (Å²) in [4.78, 5) is 13.8. The van der Waals surface area contributed by atoms with Crippen LogP contribution >= 0.6 is 11.6 Å². The fourth-order valence-corrected chi connectivity index (χ4v) is 1.70. The molecule has 0 saturated heterocycles. The number of benzene rings is 1. The predicted octanol–water partition coefficient (Wildman–Crippen LogP) is 2.53. The minimum atomic E-state index is -0.287. The summed E-state index contributed by atoms with van der Waals surface area (Å²) < 4.78 is 10.2. The molecule has 18 heavy (non-hydrogen) atoms. The molecule has 98 valence electrons. The third-order valence-corrected chi connectivity index (χ3v) is 2.51. The Kier molecular flexibility index (Phi) is 5.04. The van der Waals surface area contributed by atoms with E-state index in [0.29, 0.717) is 17.1 Å². The van der Waals surface area contributed by atoms with E-state index < -0.39 is 0 Å². The first-order chi connectivity index (χ1) is 8.49. The summed E-state index contributed by atoms with van der Waals surface area (Å²) in [6.07, 6.45) is 1.55. The molecule has 0 heterocycles. The molecule has 4 nitrogen and oxygen atoms in total. The van der Waals surface area contributed by atoms with Crippen molar-refractivity contribution in [1.29, 1.82) is 0 Å². The van der Waals surface area contributed by atoms with Crippen LogP contribution in [0.3, 0.4) is 0 Å². The quantitative estimate of drug-likeness (QED) is 0.608. The van der Waals surface area contributed by atoms with Crippen LogP contribution in [0.5, 0.6) is 11.5 Å². The standard InChI is InChI=1S/C13H16ClNO3/c1-15(2)8-11(14)13(16)10-6-5-9(17-3)7-12(10)18-4/h5-8H,1-4H3/b11-8-. The summed E-state index contributed by atoms with van der Waals surface area (Å²) in [6, 6.07) is 4.97. The molecule has 0 N–H and O–H groups in total. The summed E-state index contributed by atoms with van der Waals surface area (Å²) in [5, 5.41) is 0.128. The van der Waals surface area contributed by atoms with E-state index in [9.17, 15) is 4.79 Å². The fourth-order valence-electron chi connectivity index (χ4n) is 1.40. The highest BCUT2D eigenvalue weighted by Gasteiger charge is 2.16.